The minimum absolute atomic E-state index is 0.309. The fourth-order valence-corrected chi connectivity index (χ4v) is 1.97. The number of nitrogens with one attached hydrogen (secondary N) is 1. The normalized spacial score (nSPS) is 11.7. The lowest BCUT2D eigenvalue weighted by molar-refractivity contribution is -0.142. The number of thioether (sulfide) groups is 1. The number of nitrogens with two attached hydrogens (primary N) is 1. The maximum atomic E-state index is 12.0. The van der Waals surface area contributed by atoms with Crippen molar-refractivity contribution in [3.63, 3.8) is 0 Å². The maximum Gasteiger partial charge on any atom is 0.328 e. The van der Waals surface area contributed by atoms with Gasteiger partial charge >= 0.3 is 5.97 Å². The molecule has 1 rings (SSSR count). The molecule has 0 bridgehead atoms. The molecule has 3 N–H and O–H groups in total. The van der Waals surface area contributed by atoms with Crippen LogP contribution >= 0.6 is 11.8 Å². The molecule has 1 amide bonds. The average Bonchev–Trinajstić information content (AvgIpc) is 2.43. The summed E-state index contributed by atoms with van der Waals surface area (Å²) in [5.41, 5.74) is 6.61. The highest BCUT2D eigenvalue weighted by molar-refractivity contribution is 7.98. The molecule has 0 saturated heterocycles. The SMILES string of the molecule is COC(=O)[C@H](CCSC)NC(=O)c1ccc(N)cc1. The molecule has 0 spiro atoms. The van der Waals surface area contributed by atoms with E-state index in [-0.39, 0.29) is 5.91 Å². The van der Waals surface area contributed by atoms with E-state index in [1.165, 1.54) is 7.11 Å². The van der Waals surface area contributed by atoms with Gasteiger partial charge in [0.1, 0.15) is 6.04 Å². The van der Waals surface area contributed by atoms with Gasteiger partial charge < -0.3 is 15.8 Å². The molecular formula is C13H18N2O3S. The summed E-state index contributed by atoms with van der Waals surface area (Å²) < 4.78 is 4.68. The summed E-state index contributed by atoms with van der Waals surface area (Å²) in [5, 5.41) is 2.67. The summed E-state index contributed by atoms with van der Waals surface area (Å²) in [5.74, 6) is 0.0243. The van der Waals surface area contributed by atoms with Crippen LogP contribution in [0.15, 0.2) is 24.3 Å². The third-order valence-electron chi connectivity index (χ3n) is 2.57. The molecule has 0 aromatic heterocycles. The van der Waals surface area contributed by atoms with E-state index in [1.807, 2.05) is 6.26 Å². The summed E-state index contributed by atoms with van der Waals surface area (Å²) >= 11 is 1.61. The molecule has 104 valence electrons. The summed E-state index contributed by atoms with van der Waals surface area (Å²) in [4.78, 5) is 23.6. The first-order chi connectivity index (χ1) is 9.08. The summed E-state index contributed by atoms with van der Waals surface area (Å²) in [7, 11) is 1.31. The van der Waals surface area contributed by atoms with E-state index in [1.54, 1.807) is 36.0 Å². The lowest BCUT2D eigenvalue weighted by Gasteiger charge is -2.16. The van der Waals surface area contributed by atoms with Crippen molar-refractivity contribution in [1.82, 2.24) is 5.32 Å². The Balaban J connectivity index is 2.69. The van der Waals surface area contributed by atoms with Crippen molar-refractivity contribution in [1.29, 1.82) is 0 Å². The topological polar surface area (TPSA) is 81.4 Å². The summed E-state index contributed by atoms with van der Waals surface area (Å²) in [6.45, 7) is 0. The van der Waals surface area contributed by atoms with Crippen molar-refractivity contribution in [3.8, 4) is 0 Å². The third kappa shape index (κ3) is 4.82. The van der Waals surface area contributed by atoms with Crippen LogP contribution in [0, 0.1) is 0 Å². The van der Waals surface area contributed by atoms with E-state index in [0.717, 1.165) is 5.75 Å². The Kier molecular flexibility index (Phi) is 6.21. The molecule has 0 fully saturated rings. The van der Waals surface area contributed by atoms with Crippen LogP contribution in [0.25, 0.3) is 0 Å². The van der Waals surface area contributed by atoms with E-state index in [2.05, 4.69) is 10.1 Å². The number of benzene rings is 1. The molecule has 0 unspecified atom stereocenters. The number of carbonyl (C=O) groups excluding carboxylic acids is 2. The Morgan fingerprint density at radius 2 is 2.00 bits per heavy atom. The lowest BCUT2D eigenvalue weighted by Crippen LogP contribution is -2.41. The van der Waals surface area contributed by atoms with E-state index < -0.39 is 12.0 Å². The number of carbonyl (C=O) groups is 2. The lowest BCUT2D eigenvalue weighted by atomic mass is 10.1. The van der Waals surface area contributed by atoms with E-state index in [9.17, 15) is 9.59 Å². The molecule has 0 heterocycles. The van der Waals surface area contributed by atoms with Gasteiger partial charge in [-0.25, -0.2) is 4.79 Å². The van der Waals surface area contributed by atoms with Crippen molar-refractivity contribution in [2.24, 2.45) is 0 Å². The van der Waals surface area contributed by atoms with Crippen molar-refractivity contribution in [2.45, 2.75) is 12.5 Å². The van der Waals surface area contributed by atoms with Gasteiger partial charge in [0.25, 0.3) is 5.91 Å². The first kappa shape index (κ1) is 15.4. The Morgan fingerprint density at radius 3 is 2.53 bits per heavy atom. The van der Waals surface area contributed by atoms with Gasteiger partial charge in [0.2, 0.25) is 0 Å². The Morgan fingerprint density at radius 1 is 1.37 bits per heavy atom. The molecule has 0 aliphatic carbocycles. The average molecular weight is 282 g/mol. The zero-order valence-electron chi connectivity index (χ0n) is 11.0. The second-order valence-corrected chi connectivity index (χ2v) is 4.94. The number of amides is 1. The molecule has 1 aromatic rings. The van der Waals surface area contributed by atoms with Crippen LogP contribution in [0.1, 0.15) is 16.8 Å². The number of nitrogen functional groups attached to an aromatic ring is 1. The molecule has 0 aliphatic heterocycles. The molecule has 0 radical (unpaired) electrons. The first-order valence-corrected chi connectivity index (χ1v) is 7.21. The van der Waals surface area contributed by atoms with Crippen molar-refractivity contribution in [3.05, 3.63) is 29.8 Å². The van der Waals surface area contributed by atoms with Crippen molar-refractivity contribution < 1.29 is 14.3 Å². The number of hydrogen-bond acceptors (Lipinski definition) is 5. The molecule has 0 saturated carbocycles. The minimum Gasteiger partial charge on any atom is -0.467 e. The highest BCUT2D eigenvalue weighted by atomic mass is 32.2. The highest BCUT2D eigenvalue weighted by Crippen LogP contribution is 2.07. The minimum atomic E-state index is -0.623. The van der Waals surface area contributed by atoms with Crippen LogP contribution in [0.3, 0.4) is 0 Å². The number of ether oxygens (including phenoxy) is 1. The standard InChI is InChI=1S/C13H18N2O3S/c1-18-13(17)11(7-8-19-2)15-12(16)9-3-5-10(14)6-4-9/h3-6,11H,7-8,14H2,1-2H3,(H,15,16)/t11-/m0/s1. The summed E-state index contributed by atoms with van der Waals surface area (Å²) in [6.07, 6.45) is 2.48. The van der Waals surface area contributed by atoms with Crippen LogP contribution in [0.2, 0.25) is 0 Å². The third-order valence-corrected chi connectivity index (χ3v) is 3.22. The second-order valence-electron chi connectivity index (χ2n) is 3.95. The fraction of sp³-hybridized carbons (Fsp3) is 0.385. The molecular weight excluding hydrogens is 264 g/mol. The van der Waals surface area contributed by atoms with Gasteiger partial charge in [-0.15, -0.1) is 0 Å². The number of rotatable bonds is 6. The van der Waals surface area contributed by atoms with Crippen molar-refractivity contribution >= 4 is 29.3 Å². The van der Waals surface area contributed by atoms with Gasteiger partial charge in [-0.05, 0) is 42.7 Å². The van der Waals surface area contributed by atoms with Gasteiger partial charge in [0.05, 0.1) is 7.11 Å². The predicted molar refractivity (Wildman–Crippen MR) is 77.1 cm³/mol. The Hall–Kier alpha value is -1.69. The number of anilines is 1. The quantitative estimate of drug-likeness (QED) is 0.607. The zero-order chi connectivity index (χ0) is 14.3. The molecule has 6 heteroatoms. The van der Waals surface area contributed by atoms with E-state index in [0.29, 0.717) is 17.7 Å². The monoisotopic (exact) mass is 282 g/mol. The molecule has 1 atom stereocenters. The van der Waals surface area contributed by atoms with Crippen LogP contribution < -0.4 is 11.1 Å². The van der Waals surface area contributed by atoms with Gasteiger partial charge in [-0.3, -0.25) is 4.79 Å². The fourth-order valence-electron chi connectivity index (χ4n) is 1.50. The van der Waals surface area contributed by atoms with Crippen LogP contribution in [0.5, 0.6) is 0 Å². The Bertz CT molecular complexity index is 434. The smallest absolute Gasteiger partial charge is 0.328 e. The molecule has 5 nitrogen and oxygen atoms in total. The second kappa shape index (κ2) is 7.68. The van der Waals surface area contributed by atoms with Gasteiger partial charge in [-0.2, -0.15) is 11.8 Å². The zero-order valence-corrected chi connectivity index (χ0v) is 11.8. The van der Waals surface area contributed by atoms with Crippen LogP contribution in [-0.2, 0) is 9.53 Å². The predicted octanol–water partition coefficient (Wildman–Crippen LogP) is 1.29. The summed E-state index contributed by atoms with van der Waals surface area (Å²) in [6, 6.07) is 5.90. The molecule has 0 aliphatic rings. The number of hydrogen-bond donors (Lipinski definition) is 2. The van der Waals surface area contributed by atoms with Crippen LogP contribution in [0.4, 0.5) is 5.69 Å². The highest BCUT2D eigenvalue weighted by Gasteiger charge is 2.21. The van der Waals surface area contributed by atoms with E-state index >= 15 is 0 Å². The Labute approximate surface area is 116 Å². The number of methoxy groups -OCH3 is 1. The largest absolute Gasteiger partial charge is 0.467 e. The molecule has 1 aromatic carbocycles. The number of esters is 1. The maximum absolute atomic E-state index is 12.0. The molecule has 19 heavy (non-hydrogen) atoms. The van der Waals surface area contributed by atoms with Crippen LogP contribution in [-0.4, -0.2) is 37.0 Å². The first-order valence-electron chi connectivity index (χ1n) is 5.81. The van der Waals surface area contributed by atoms with Crippen molar-refractivity contribution in [2.75, 3.05) is 24.9 Å². The van der Waals surface area contributed by atoms with Gasteiger partial charge in [0.15, 0.2) is 0 Å². The van der Waals surface area contributed by atoms with Gasteiger partial charge in [0, 0.05) is 11.3 Å². The van der Waals surface area contributed by atoms with Gasteiger partial charge in [-0.1, -0.05) is 0 Å². The van der Waals surface area contributed by atoms with E-state index in [4.69, 9.17) is 5.73 Å².